The topological polar surface area (TPSA) is 61.8 Å². The molecule has 0 N–H and O–H groups in total. The van der Waals surface area contributed by atoms with Crippen LogP contribution in [0.4, 0.5) is 0 Å². The Morgan fingerprint density at radius 3 is 1.20 bits per heavy atom. The average molecular weight is 843 g/mol. The second-order valence-electron chi connectivity index (χ2n) is 17.8. The van der Waals surface area contributed by atoms with Crippen molar-refractivity contribution in [3.63, 3.8) is 0 Å². The van der Waals surface area contributed by atoms with Crippen LogP contribution in [0.2, 0.25) is 0 Å². The first kappa shape index (κ1) is 58.1. The van der Waals surface area contributed by atoms with Gasteiger partial charge in [0, 0.05) is 19.4 Å². The first-order valence-electron chi connectivity index (χ1n) is 26.5. The van der Waals surface area contributed by atoms with E-state index in [1.165, 1.54) is 180 Å². The van der Waals surface area contributed by atoms with Crippen molar-refractivity contribution in [1.82, 2.24) is 0 Å². The van der Waals surface area contributed by atoms with E-state index in [0.29, 0.717) is 26.1 Å². The van der Waals surface area contributed by atoms with E-state index >= 15 is 0 Å². The molecule has 1 atom stereocenters. The molecule has 0 saturated carbocycles. The van der Waals surface area contributed by atoms with Gasteiger partial charge < -0.3 is 14.2 Å². The molecule has 5 heteroatoms. The fourth-order valence-corrected chi connectivity index (χ4v) is 7.76. The lowest BCUT2D eigenvalue weighted by atomic mass is 10.0. The van der Waals surface area contributed by atoms with Crippen LogP contribution in [0.5, 0.6) is 0 Å². The van der Waals surface area contributed by atoms with Crippen LogP contribution in [0, 0.1) is 0 Å². The quantitative estimate of drug-likeness (QED) is 0.0347. The summed E-state index contributed by atoms with van der Waals surface area (Å²) in [4.78, 5) is 25.3. The van der Waals surface area contributed by atoms with Gasteiger partial charge in [0.2, 0.25) is 0 Å². The molecule has 0 saturated heterocycles. The fourth-order valence-electron chi connectivity index (χ4n) is 7.76. The molecule has 1 unspecified atom stereocenters. The zero-order chi connectivity index (χ0) is 43.5. The van der Waals surface area contributed by atoms with Gasteiger partial charge in [-0.25, -0.2) is 0 Å². The first-order chi connectivity index (χ1) is 29.6. The van der Waals surface area contributed by atoms with Crippen molar-refractivity contribution in [2.45, 2.75) is 284 Å². The van der Waals surface area contributed by atoms with E-state index in [4.69, 9.17) is 14.2 Å². The normalized spacial score (nSPS) is 12.4. The van der Waals surface area contributed by atoms with Gasteiger partial charge in [-0.1, -0.05) is 250 Å². The van der Waals surface area contributed by atoms with Gasteiger partial charge >= 0.3 is 11.9 Å². The highest BCUT2D eigenvalue weighted by molar-refractivity contribution is 5.70. The van der Waals surface area contributed by atoms with E-state index in [1.807, 2.05) is 0 Å². The summed E-state index contributed by atoms with van der Waals surface area (Å²) in [6.45, 7) is 7.74. The van der Waals surface area contributed by atoms with Crippen LogP contribution < -0.4 is 0 Å². The van der Waals surface area contributed by atoms with E-state index in [0.717, 1.165) is 64.2 Å². The molecule has 5 nitrogen and oxygen atoms in total. The fraction of sp³-hybridized carbons (Fsp3) is 0.855. The second-order valence-corrected chi connectivity index (χ2v) is 17.8. The standard InChI is InChI=1S/C55H102O5/c1-4-7-10-13-16-19-21-23-25-27-29-31-33-35-38-41-44-47-50-58-51-53(60-55(57)49-46-43-40-36-18-15-12-9-6-3)52-59-54(56)48-45-42-39-37-34-32-30-28-26-24-22-20-17-14-11-8-5-2/h8,11,17,20,24,26,53H,4-7,9-10,12-16,18-19,21-23,25,27-52H2,1-3H3/b11-8-,20-17-,26-24-. The maximum Gasteiger partial charge on any atom is 0.306 e. The molecule has 0 spiro atoms. The van der Waals surface area contributed by atoms with E-state index in [1.54, 1.807) is 0 Å². The van der Waals surface area contributed by atoms with Crippen LogP contribution in [0.1, 0.15) is 278 Å². The molecule has 0 aliphatic carbocycles. The summed E-state index contributed by atoms with van der Waals surface area (Å²) in [5, 5.41) is 0. The number of carbonyl (C=O) groups excluding carboxylic acids is 2. The average Bonchev–Trinajstić information content (AvgIpc) is 3.25. The highest BCUT2D eigenvalue weighted by Gasteiger charge is 2.17. The Balaban J connectivity index is 4.14. The molecule has 352 valence electrons. The zero-order valence-corrected chi connectivity index (χ0v) is 40.5. The molecule has 0 rings (SSSR count). The molecule has 0 aromatic carbocycles. The van der Waals surface area contributed by atoms with Gasteiger partial charge in [0.15, 0.2) is 6.10 Å². The van der Waals surface area contributed by atoms with Gasteiger partial charge in [-0.2, -0.15) is 0 Å². The van der Waals surface area contributed by atoms with Crippen molar-refractivity contribution in [3.05, 3.63) is 36.5 Å². The van der Waals surface area contributed by atoms with Crippen LogP contribution in [0.3, 0.4) is 0 Å². The number of hydrogen-bond donors (Lipinski definition) is 0. The molecular weight excluding hydrogens is 741 g/mol. The van der Waals surface area contributed by atoms with Crippen LogP contribution in [0.25, 0.3) is 0 Å². The first-order valence-corrected chi connectivity index (χ1v) is 26.5. The Hall–Kier alpha value is -1.88. The largest absolute Gasteiger partial charge is 0.462 e. The van der Waals surface area contributed by atoms with E-state index < -0.39 is 6.10 Å². The lowest BCUT2D eigenvalue weighted by Crippen LogP contribution is -2.30. The number of unbranched alkanes of at least 4 members (excludes halogenated alkanes) is 32. The summed E-state index contributed by atoms with van der Waals surface area (Å²) in [5.41, 5.74) is 0. The molecule has 0 aliphatic rings. The molecule has 0 aliphatic heterocycles. The minimum absolute atomic E-state index is 0.0858. The maximum absolute atomic E-state index is 12.7. The second kappa shape index (κ2) is 51.5. The van der Waals surface area contributed by atoms with Gasteiger partial charge in [-0.05, 0) is 51.4 Å². The van der Waals surface area contributed by atoms with E-state index in [2.05, 4.69) is 57.2 Å². The van der Waals surface area contributed by atoms with Crippen molar-refractivity contribution < 1.29 is 23.8 Å². The van der Waals surface area contributed by atoms with Gasteiger partial charge in [0.25, 0.3) is 0 Å². The number of hydrogen-bond acceptors (Lipinski definition) is 5. The lowest BCUT2D eigenvalue weighted by molar-refractivity contribution is -0.163. The SMILES string of the molecule is CC/C=C\C/C=C\C/C=C\CCCCCCCCCC(=O)OCC(COCCCCCCCCCCCCCCCCCCCC)OC(=O)CCCCCCCCCCC. The van der Waals surface area contributed by atoms with E-state index in [9.17, 15) is 9.59 Å². The third kappa shape index (κ3) is 48.8. The predicted octanol–water partition coefficient (Wildman–Crippen LogP) is 17.8. The number of carbonyl (C=O) groups is 2. The molecule has 0 aromatic heterocycles. The number of esters is 2. The van der Waals surface area contributed by atoms with Crippen LogP contribution >= 0.6 is 0 Å². The molecule has 0 amide bonds. The van der Waals surface area contributed by atoms with Crippen molar-refractivity contribution in [1.29, 1.82) is 0 Å². The Morgan fingerprint density at radius 2 is 0.750 bits per heavy atom. The molecule has 0 radical (unpaired) electrons. The van der Waals surface area contributed by atoms with Gasteiger partial charge in [-0.15, -0.1) is 0 Å². The van der Waals surface area contributed by atoms with Crippen LogP contribution in [0.15, 0.2) is 36.5 Å². The van der Waals surface area contributed by atoms with Gasteiger partial charge in [0.1, 0.15) is 6.61 Å². The van der Waals surface area contributed by atoms with E-state index in [-0.39, 0.29) is 18.5 Å². The molecule has 60 heavy (non-hydrogen) atoms. The summed E-state index contributed by atoms with van der Waals surface area (Å²) in [6.07, 6.45) is 61.6. The Morgan fingerprint density at radius 1 is 0.383 bits per heavy atom. The molecule has 0 heterocycles. The summed E-state index contributed by atoms with van der Waals surface area (Å²) >= 11 is 0. The molecule has 0 bridgehead atoms. The number of rotatable bonds is 49. The molecular formula is C55H102O5. The zero-order valence-electron chi connectivity index (χ0n) is 40.5. The Labute approximate surface area is 374 Å². The smallest absolute Gasteiger partial charge is 0.306 e. The van der Waals surface area contributed by atoms with Crippen LogP contribution in [-0.4, -0.2) is 37.9 Å². The minimum Gasteiger partial charge on any atom is -0.462 e. The van der Waals surface area contributed by atoms with Gasteiger partial charge in [-0.3, -0.25) is 9.59 Å². The number of ether oxygens (including phenoxy) is 3. The van der Waals surface area contributed by atoms with Crippen molar-refractivity contribution in [2.75, 3.05) is 19.8 Å². The van der Waals surface area contributed by atoms with Crippen LogP contribution in [-0.2, 0) is 23.8 Å². The highest BCUT2D eigenvalue weighted by atomic mass is 16.6. The third-order valence-corrected chi connectivity index (χ3v) is 11.7. The number of allylic oxidation sites excluding steroid dienone is 6. The summed E-state index contributed by atoms with van der Waals surface area (Å²) in [5.74, 6) is -0.396. The Kier molecular flexibility index (Phi) is 49.9. The third-order valence-electron chi connectivity index (χ3n) is 11.7. The predicted molar refractivity (Wildman–Crippen MR) is 261 cm³/mol. The lowest BCUT2D eigenvalue weighted by Gasteiger charge is -2.18. The summed E-state index contributed by atoms with van der Waals surface area (Å²) in [7, 11) is 0. The Bertz CT molecular complexity index is 955. The van der Waals surface area contributed by atoms with Gasteiger partial charge in [0.05, 0.1) is 6.61 Å². The van der Waals surface area contributed by atoms with Crippen molar-refractivity contribution in [3.8, 4) is 0 Å². The molecule has 0 fully saturated rings. The summed E-state index contributed by atoms with van der Waals surface area (Å²) in [6, 6.07) is 0. The maximum atomic E-state index is 12.7. The summed E-state index contributed by atoms with van der Waals surface area (Å²) < 4.78 is 17.4. The monoisotopic (exact) mass is 843 g/mol. The minimum atomic E-state index is -0.533. The van der Waals surface area contributed by atoms with Crippen molar-refractivity contribution in [2.24, 2.45) is 0 Å². The molecule has 0 aromatic rings. The van der Waals surface area contributed by atoms with Crippen molar-refractivity contribution >= 4 is 11.9 Å². The highest BCUT2D eigenvalue weighted by Crippen LogP contribution is 2.16.